The molecule has 0 saturated carbocycles. The summed E-state index contributed by atoms with van der Waals surface area (Å²) in [4.78, 5) is 23.2. The van der Waals surface area contributed by atoms with Gasteiger partial charge in [0.15, 0.2) is 0 Å². The summed E-state index contributed by atoms with van der Waals surface area (Å²) in [5.74, 6) is -1.52. The smallest absolute Gasteiger partial charge is 0.323 e. The standard InChI is InChI=1S/C9H14N4O3/c1-12(5-7(14)15)9(16)8(10)6-3-11-13(2)4-6/h3-4,8H,5,10H2,1-2H3,(H,14,15). The molecule has 0 bridgehead atoms. The van der Waals surface area contributed by atoms with Crippen LogP contribution >= 0.6 is 0 Å². The number of aromatic nitrogens is 2. The van der Waals surface area contributed by atoms with E-state index in [0.717, 1.165) is 4.90 Å². The average Bonchev–Trinajstić information content (AvgIpc) is 2.61. The Kier molecular flexibility index (Phi) is 3.62. The van der Waals surface area contributed by atoms with Gasteiger partial charge in [0, 0.05) is 25.9 Å². The van der Waals surface area contributed by atoms with Gasteiger partial charge in [0.1, 0.15) is 12.6 Å². The second-order valence-electron chi connectivity index (χ2n) is 3.51. The van der Waals surface area contributed by atoms with Gasteiger partial charge in [0.05, 0.1) is 6.20 Å². The van der Waals surface area contributed by atoms with E-state index in [4.69, 9.17) is 10.8 Å². The van der Waals surface area contributed by atoms with Gasteiger partial charge in [0.25, 0.3) is 0 Å². The Labute approximate surface area is 92.4 Å². The fraction of sp³-hybridized carbons (Fsp3) is 0.444. The number of carbonyl (C=O) groups is 2. The van der Waals surface area contributed by atoms with Crippen LogP contribution in [0.25, 0.3) is 0 Å². The number of likely N-dealkylation sites (N-methyl/N-ethyl adjacent to an activating group) is 1. The highest BCUT2D eigenvalue weighted by Gasteiger charge is 2.22. The van der Waals surface area contributed by atoms with Crippen molar-refractivity contribution in [3.63, 3.8) is 0 Å². The van der Waals surface area contributed by atoms with Gasteiger partial charge < -0.3 is 15.7 Å². The molecule has 16 heavy (non-hydrogen) atoms. The fourth-order valence-electron chi connectivity index (χ4n) is 1.26. The molecular formula is C9H14N4O3. The van der Waals surface area contributed by atoms with Gasteiger partial charge in [-0.25, -0.2) is 0 Å². The van der Waals surface area contributed by atoms with Crippen molar-refractivity contribution in [2.75, 3.05) is 13.6 Å². The number of carbonyl (C=O) groups excluding carboxylic acids is 1. The lowest BCUT2D eigenvalue weighted by Gasteiger charge is -2.18. The molecule has 3 N–H and O–H groups in total. The Bertz CT molecular complexity index is 401. The lowest BCUT2D eigenvalue weighted by Crippen LogP contribution is -2.38. The van der Waals surface area contributed by atoms with Gasteiger partial charge in [-0.2, -0.15) is 5.10 Å². The number of aryl methyl sites for hydroxylation is 1. The molecule has 0 fully saturated rings. The van der Waals surface area contributed by atoms with Crippen molar-refractivity contribution in [1.29, 1.82) is 0 Å². The van der Waals surface area contributed by atoms with Gasteiger partial charge in [0.2, 0.25) is 5.91 Å². The molecule has 7 nitrogen and oxygen atoms in total. The summed E-state index contributed by atoms with van der Waals surface area (Å²) in [6.07, 6.45) is 3.11. The highest BCUT2D eigenvalue weighted by atomic mass is 16.4. The van der Waals surface area contributed by atoms with E-state index in [1.54, 1.807) is 13.2 Å². The van der Waals surface area contributed by atoms with Crippen molar-refractivity contribution in [3.8, 4) is 0 Å². The Morgan fingerprint density at radius 3 is 2.75 bits per heavy atom. The number of aliphatic carboxylic acids is 1. The van der Waals surface area contributed by atoms with Gasteiger partial charge in [-0.15, -0.1) is 0 Å². The summed E-state index contributed by atoms with van der Waals surface area (Å²) in [6.45, 7) is -0.368. The fourth-order valence-corrected chi connectivity index (χ4v) is 1.26. The van der Waals surface area contributed by atoms with Crippen LogP contribution in [0, 0.1) is 0 Å². The minimum absolute atomic E-state index is 0.368. The van der Waals surface area contributed by atoms with Crippen LogP contribution in [0.4, 0.5) is 0 Å². The molecule has 0 aliphatic rings. The number of nitrogens with two attached hydrogens (primary N) is 1. The van der Waals surface area contributed by atoms with E-state index in [9.17, 15) is 9.59 Å². The van der Waals surface area contributed by atoms with E-state index in [2.05, 4.69) is 5.10 Å². The molecule has 0 aromatic carbocycles. The molecule has 1 heterocycles. The van der Waals surface area contributed by atoms with E-state index >= 15 is 0 Å². The first-order valence-corrected chi connectivity index (χ1v) is 4.62. The largest absolute Gasteiger partial charge is 0.480 e. The number of amides is 1. The zero-order valence-electron chi connectivity index (χ0n) is 9.12. The average molecular weight is 226 g/mol. The lowest BCUT2D eigenvalue weighted by molar-refractivity contribution is -0.144. The Morgan fingerprint density at radius 1 is 1.69 bits per heavy atom. The minimum Gasteiger partial charge on any atom is -0.480 e. The topological polar surface area (TPSA) is 101 Å². The van der Waals surface area contributed by atoms with Gasteiger partial charge in [-0.1, -0.05) is 0 Å². The SMILES string of the molecule is CN(CC(=O)O)C(=O)C(N)c1cnn(C)c1. The molecule has 1 amide bonds. The molecule has 1 rings (SSSR count). The number of nitrogens with zero attached hydrogens (tertiary/aromatic N) is 3. The second-order valence-corrected chi connectivity index (χ2v) is 3.51. The van der Waals surface area contributed by atoms with E-state index < -0.39 is 17.9 Å². The monoisotopic (exact) mass is 226 g/mol. The highest BCUT2D eigenvalue weighted by Crippen LogP contribution is 2.10. The summed E-state index contributed by atoms with van der Waals surface area (Å²) in [5, 5.41) is 12.4. The maximum absolute atomic E-state index is 11.7. The second kappa shape index (κ2) is 4.75. The summed E-state index contributed by atoms with van der Waals surface area (Å²) < 4.78 is 1.53. The normalized spacial score (nSPS) is 12.2. The first kappa shape index (κ1) is 12.2. The maximum atomic E-state index is 11.7. The quantitative estimate of drug-likeness (QED) is 0.683. The predicted octanol–water partition coefficient (Wildman–Crippen LogP) is -1.04. The van der Waals surface area contributed by atoms with Crippen LogP contribution in [-0.2, 0) is 16.6 Å². The zero-order valence-corrected chi connectivity index (χ0v) is 9.12. The van der Waals surface area contributed by atoms with Crippen LogP contribution in [0.1, 0.15) is 11.6 Å². The van der Waals surface area contributed by atoms with Crippen LogP contribution in [0.2, 0.25) is 0 Å². The molecule has 0 aliphatic heterocycles. The predicted molar refractivity (Wildman–Crippen MR) is 55.4 cm³/mol. The third-order valence-corrected chi connectivity index (χ3v) is 2.10. The molecule has 0 spiro atoms. The number of hydrogen-bond acceptors (Lipinski definition) is 4. The van der Waals surface area contributed by atoms with Crippen molar-refractivity contribution >= 4 is 11.9 Å². The third-order valence-electron chi connectivity index (χ3n) is 2.10. The molecule has 1 atom stereocenters. The molecule has 1 aromatic rings. The number of carboxylic acid groups (broad SMARTS) is 1. The summed E-state index contributed by atoms with van der Waals surface area (Å²) in [6, 6.07) is -0.877. The van der Waals surface area contributed by atoms with E-state index in [1.165, 1.54) is 17.9 Å². The van der Waals surface area contributed by atoms with Crippen LogP contribution in [-0.4, -0.2) is 45.3 Å². The Hall–Kier alpha value is -1.89. The molecule has 1 unspecified atom stereocenters. The molecule has 0 radical (unpaired) electrons. The zero-order chi connectivity index (χ0) is 12.3. The Balaban J connectivity index is 2.70. The summed E-state index contributed by atoms with van der Waals surface area (Å²) in [7, 11) is 3.11. The Morgan fingerprint density at radius 2 is 2.31 bits per heavy atom. The number of carboxylic acids is 1. The molecular weight excluding hydrogens is 212 g/mol. The first-order chi connectivity index (χ1) is 7.41. The molecule has 7 heteroatoms. The van der Waals surface area contributed by atoms with E-state index in [1.807, 2.05) is 0 Å². The van der Waals surface area contributed by atoms with E-state index in [-0.39, 0.29) is 6.54 Å². The summed E-state index contributed by atoms with van der Waals surface area (Å²) in [5.41, 5.74) is 6.25. The maximum Gasteiger partial charge on any atom is 0.323 e. The van der Waals surface area contributed by atoms with Crippen molar-refractivity contribution in [1.82, 2.24) is 14.7 Å². The lowest BCUT2D eigenvalue weighted by atomic mass is 10.1. The number of rotatable bonds is 4. The van der Waals surface area contributed by atoms with Crippen molar-refractivity contribution in [2.24, 2.45) is 12.8 Å². The van der Waals surface area contributed by atoms with Crippen LogP contribution in [0.3, 0.4) is 0 Å². The van der Waals surface area contributed by atoms with Gasteiger partial charge >= 0.3 is 5.97 Å². The molecule has 88 valence electrons. The summed E-state index contributed by atoms with van der Waals surface area (Å²) >= 11 is 0. The molecule has 1 aromatic heterocycles. The molecule has 0 aliphatic carbocycles. The highest BCUT2D eigenvalue weighted by molar-refractivity contribution is 5.85. The minimum atomic E-state index is -1.07. The van der Waals surface area contributed by atoms with Crippen LogP contribution in [0.15, 0.2) is 12.4 Å². The first-order valence-electron chi connectivity index (χ1n) is 4.62. The molecule has 0 saturated heterocycles. The van der Waals surface area contributed by atoms with Gasteiger partial charge in [-0.3, -0.25) is 14.3 Å². The van der Waals surface area contributed by atoms with Crippen molar-refractivity contribution < 1.29 is 14.7 Å². The van der Waals surface area contributed by atoms with Crippen molar-refractivity contribution in [2.45, 2.75) is 6.04 Å². The van der Waals surface area contributed by atoms with Crippen LogP contribution < -0.4 is 5.73 Å². The number of hydrogen-bond donors (Lipinski definition) is 2. The van der Waals surface area contributed by atoms with E-state index in [0.29, 0.717) is 5.56 Å². The van der Waals surface area contributed by atoms with Gasteiger partial charge in [-0.05, 0) is 0 Å². The van der Waals surface area contributed by atoms with Crippen LogP contribution in [0.5, 0.6) is 0 Å². The third kappa shape index (κ3) is 2.80. The van der Waals surface area contributed by atoms with Crippen molar-refractivity contribution in [3.05, 3.63) is 18.0 Å².